The van der Waals surface area contributed by atoms with Gasteiger partial charge in [-0.3, -0.25) is 10.1 Å². The predicted molar refractivity (Wildman–Crippen MR) is 74.1 cm³/mol. The Morgan fingerprint density at radius 1 is 1.35 bits per heavy atom. The summed E-state index contributed by atoms with van der Waals surface area (Å²) in [5, 5.41) is 20.5. The molecule has 2 aromatic rings. The first kappa shape index (κ1) is 13.8. The molecule has 6 heteroatoms. The smallest absolute Gasteiger partial charge is 0.311 e. The maximum absolute atomic E-state index is 11.0. The van der Waals surface area contributed by atoms with Crippen molar-refractivity contribution in [3.63, 3.8) is 0 Å². The molecule has 0 N–H and O–H groups in total. The van der Waals surface area contributed by atoms with Crippen molar-refractivity contribution in [2.24, 2.45) is 0 Å². The molecule has 0 unspecified atom stereocenters. The summed E-state index contributed by atoms with van der Waals surface area (Å²) in [6.45, 7) is 1.70. The van der Waals surface area contributed by atoms with Gasteiger partial charge in [0.25, 0.3) is 0 Å². The molecule has 0 amide bonds. The number of benzene rings is 2. The summed E-state index contributed by atoms with van der Waals surface area (Å²) in [6.07, 6.45) is 0. The highest BCUT2D eigenvalue weighted by Crippen LogP contribution is 2.36. The van der Waals surface area contributed by atoms with E-state index in [2.05, 4.69) is 0 Å². The van der Waals surface area contributed by atoms with E-state index in [-0.39, 0.29) is 22.7 Å². The van der Waals surface area contributed by atoms with Crippen molar-refractivity contribution in [1.82, 2.24) is 0 Å². The first-order valence-corrected chi connectivity index (χ1v) is 6.02. The number of para-hydroxylation sites is 1. The standard InChI is InChI=1S/C14H9ClN2O3/c1-9-3-2-4-12(17(18)19)14(9)20-13-6-5-11(15)7-10(13)8-16/h2-7H,1H3. The minimum atomic E-state index is -0.524. The number of hydrogen-bond donors (Lipinski definition) is 0. The molecule has 2 aromatic carbocycles. The highest BCUT2D eigenvalue weighted by atomic mass is 35.5. The number of halogens is 1. The minimum Gasteiger partial charge on any atom is -0.448 e. The van der Waals surface area contributed by atoms with E-state index >= 15 is 0 Å². The topological polar surface area (TPSA) is 76.2 Å². The molecule has 0 saturated carbocycles. The number of nitro groups is 1. The fourth-order valence-corrected chi connectivity index (χ4v) is 1.87. The number of aryl methyl sites for hydroxylation is 1. The highest BCUT2D eigenvalue weighted by molar-refractivity contribution is 6.30. The minimum absolute atomic E-state index is 0.122. The van der Waals surface area contributed by atoms with Crippen LogP contribution in [0.3, 0.4) is 0 Å². The van der Waals surface area contributed by atoms with E-state index in [0.29, 0.717) is 10.6 Å². The largest absolute Gasteiger partial charge is 0.448 e. The lowest BCUT2D eigenvalue weighted by atomic mass is 10.2. The van der Waals surface area contributed by atoms with Crippen molar-refractivity contribution in [2.75, 3.05) is 0 Å². The van der Waals surface area contributed by atoms with E-state index < -0.39 is 4.92 Å². The third-order valence-corrected chi connectivity index (χ3v) is 2.90. The molecule has 0 aliphatic heterocycles. The third-order valence-electron chi connectivity index (χ3n) is 2.66. The summed E-state index contributed by atoms with van der Waals surface area (Å²) in [6, 6.07) is 11.1. The van der Waals surface area contributed by atoms with Gasteiger partial charge in [-0.1, -0.05) is 23.7 Å². The van der Waals surface area contributed by atoms with Gasteiger partial charge in [-0.05, 0) is 30.7 Å². The number of nitriles is 1. The lowest BCUT2D eigenvalue weighted by Crippen LogP contribution is -1.96. The Labute approximate surface area is 120 Å². The van der Waals surface area contributed by atoms with E-state index in [0.717, 1.165) is 0 Å². The van der Waals surface area contributed by atoms with E-state index in [1.807, 2.05) is 6.07 Å². The van der Waals surface area contributed by atoms with Crippen LogP contribution in [0.2, 0.25) is 5.02 Å². The molecule has 0 radical (unpaired) electrons. The SMILES string of the molecule is Cc1cccc([N+](=O)[O-])c1Oc1ccc(Cl)cc1C#N. The summed E-state index contributed by atoms with van der Waals surface area (Å²) in [5.41, 5.74) is 0.678. The van der Waals surface area contributed by atoms with Crippen LogP contribution in [0.4, 0.5) is 5.69 Å². The van der Waals surface area contributed by atoms with Crippen LogP contribution < -0.4 is 4.74 Å². The molecule has 0 spiro atoms. The van der Waals surface area contributed by atoms with Crippen molar-refractivity contribution in [2.45, 2.75) is 6.92 Å². The molecule has 2 rings (SSSR count). The zero-order chi connectivity index (χ0) is 14.7. The highest BCUT2D eigenvalue weighted by Gasteiger charge is 2.19. The molecule has 0 atom stereocenters. The second-order valence-corrected chi connectivity index (χ2v) is 4.47. The van der Waals surface area contributed by atoms with Crippen molar-refractivity contribution < 1.29 is 9.66 Å². The fourth-order valence-electron chi connectivity index (χ4n) is 1.70. The molecule has 20 heavy (non-hydrogen) atoms. The van der Waals surface area contributed by atoms with E-state index in [4.69, 9.17) is 21.6 Å². The normalized spacial score (nSPS) is 9.85. The van der Waals surface area contributed by atoms with Gasteiger partial charge in [0.05, 0.1) is 10.5 Å². The number of ether oxygens (including phenoxy) is 1. The van der Waals surface area contributed by atoms with Crippen LogP contribution in [-0.2, 0) is 0 Å². The van der Waals surface area contributed by atoms with E-state index in [9.17, 15) is 10.1 Å². The Morgan fingerprint density at radius 2 is 2.10 bits per heavy atom. The van der Waals surface area contributed by atoms with Crippen LogP contribution in [0.1, 0.15) is 11.1 Å². The Bertz CT molecular complexity index is 723. The molecule has 0 aromatic heterocycles. The zero-order valence-electron chi connectivity index (χ0n) is 10.5. The van der Waals surface area contributed by atoms with Gasteiger partial charge in [0, 0.05) is 11.1 Å². The van der Waals surface area contributed by atoms with Crippen molar-refractivity contribution in [3.05, 3.63) is 62.7 Å². The summed E-state index contributed by atoms with van der Waals surface area (Å²) < 4.78 is 5.56. The lowest BCUT2D eigenvalue weighted by molar-refractivity contribution is -0.385. The van der Waals surface area contributed by atoms with Gasteiger partial charge in [-0.25, -0.2) is 0 Å². The van der Waals surface area contributed by atoms with Crippen LogP contribution in [0, 0.1) is 28.4 Å². The zero-order valence-corrected chi connectivity index (χ0v) is 11.2. The van der Waals surface area contributed by atoms with Crippen molar-refractivity contribution in [3.8, 4) is 17.6 Å². The van der Waals surface area contributed by atoms with Crippen LogP contribution in [0.5, 0.6) is 11.5 Å². The number of nitro benzene ring substituents is 1. The van der Waals surface area contributed by atoms with Gasteiger partial charge in [-0.15, -0.1) is 0 Å². The second kappa shape index (κ2) is 5.59. The summed E-state index contributed by atoms with van der Waals surface area (Å²) in [5.74, 6) is 0.352. The molecule has 100 valence electrons. The van der Waals surface area contributed by atoms with Gasteiger partial charge >= 0.3 is 5.69 Å². The molecule has 0 aliphatic rings. The molecule has 5 nitrogen and oxygen atoms in total. The first-order valence-electron chi connectivity index (χ1n) is 5.64. The van der Waals surface area contributed by atoms with Crippen molar-refractivity contribution >= 4 is 17.3 Å². The monoisotopic (exact) mass is 288 g/mol. The second-order valence-electron chi connectivity index (χ2n) is 4.03. The molecule has 0 bridgehead atoms. The number of rotatable bonds is 3. The molecular weight excluding hydrogens is 280 g/mol. The quantitative estimate of drug-likeness (QED) is 0.626. The van der Waals surface area contributed by atoms with Crippen molar-refractivity contribution in [1.29, 1.82) is 5.26 Å². The molecule has 0 fully saturated rings. The number of hydrogen-bond acceptors (Lipinski definition) is 4. The lowest BCUT2D eigenvalue weighted by Gasteiger charge is -2.10. The molecule has 0 heterocycles. The summed E-state index contributed by atoms with van der Waals surface area (Å²) >= 11 is 5.80. The van der Waals surface area contributed by atoms with Crippen LogP contribution in [0.15, 0.2) is 36.4 Å². The average molecular weight is 289 g/mol. The predicted octanol–water partition coefficient (Wildman–Crippen LogP) is 4.22. The Balaban J connectivity index is 2.51. The summed E-state index contributed by atoms with van der Waals surface area (Å²) in [7, 11) is 0. The maximum Gasteiger partial charge on any atom is 0.311 e. The van der Waals surface area contributed by atoms with Crippen LogP contribution in [-0.4, -0.2) is 4.92 Å². The number of nitrogens with zero attached hydrogens (tertiary/aromatic N) is 2. The molecule has 0 aliphatic carbocycles. The van der Waals surface area contributed by atoms with Crippen LogP contribution in [0.25, 0.3) is 0 Å². The van der Waals surface area contributed by atoms with Gasteiger partial charge in [0.2, 0.25) is 5.75 Å². The van der Waals surface area contributed by atoms with Crippen LogP contribution >= 0.6 is 11.6 Å². The Kier molecular flexibility index (Phi) is 3.87. The fraction of sp³-hybridized carbons (Fsp3) is 0.0714. The molecular formula is C14H9ClN2O3. The van der Waals surface area contributed by atoms with Gasteiger partial charge in [0.1, 0.15) is 11.8 Å². The average Bonchev–Trinajstić information content (AvgIpc) is 2.42. The van der Waals surface area contributed by atoms with E-state index in [1.54, 1.807) is 25.1 Å². The van der Waals surface area contributed by atoms with Gasteiger partial charge in [0.15, 0.2) is 0 Å². The third kappa shape index (κ3) is 2.71. The Morgan fingerprint density at radius 3 is 2.75 bits per heavy atom. The molecule has 0 saturated heterocycles. The first-order chi connectivity index (χ1) is 9.52. The Hall–Kier alpha value is -2.58. The van der Waals surface area contributed by atoms with E-state index in [1.165, 1.54) is 18.2 Å². The van der Waals surface area contributed by atoms with Gasteiger partial charge < -0.3 is 4.74 Å². The van der Waals surface area contributed by atoms with Gasteiger partial charge in [-0.2, -0.15) is 5.26 Å². The summed E-state index contributed by atoms with van der Waals surface area (Å²) in [4.78, 5) is 10.5. The maximum atomic E-state index is 11.0.